The van der Waals surface area contributed by atoms with Crippen molar-refractivity contribution in [2.24, 2.45) is 0 Å². The van der Waals surface area contributed by atoms with Crippen LogP contribution in [0.25, 0.3) is 38.8 Å². The van der Waals surface area contributed by atoms with Crippen LogP contribution in [-0.2, 0) is 0 Å². The maximum absolute atomic E-state index is 12.7. The van der Waals surface area contributed by atoms with Crippen molar-refractivity contribution in [3.63, 3.8) is 0 Å². The summed E-state index contributed by atoms with van der Waals surface area (Å²) in [6, 6.07) is 16.2. The average molecular weight is 327 g/mol. The second-order valence-electron chi connectivity index (χ2n) is 5.86. The van der Waals surface area contributed by atoms with Gasteiger partial charge >= 0.3 is 0 Å². The molecule has 0 spiro atoms. The van der Waals surface area contributed by atoms with Crippen molar-refractivity contribution < 1.29 is 0 Å². The van der Waals surface area contributed by atoms with Crippen molar-refractivity contribution in [1.82, 2.24) is 24.8 Å². The number of H-pyrrole nitrogens is 2. The Morgan fingerprint density at radius 1 is 0.960 bits per heavy atom. The van der Waals surface area contributed by atoms with Gasteiger partial charge in [-0.15, -0.1) is 0 Å². The molecular weight excluding hydrogens is 314 g/mol. The molecule has 0 radical (unpaired) electrons. The Bertz CT molecular complexity index is 1260. The molecule has 0 aliphatic heterocycles. The maximum Gasteiger partial charge on any atom is 0.282 e. The first-order valence-corrected chi connectivity index (χ1v) is 7.89. The van der Waals surface area contributed by atoms with Crippen molar-refractivity contribution in [2.75, 3.05) is 0 Å². The molecule has 120 valence electrons. The quantitative estimate of drug-likeness (QED) is 0.522. The molecule has 2 aromatic carbocycles. The van der Waals surface area contributed by atoms with E-state index in [4.69, 9.17) is 0 Å². The first kappa shape index (κ1) is 13.7. The minimum Gasteiger partial charge on any atom is -0.296 e. The van der Waals surface area contributed by atoms with Crippen LogP contribution in [0.2, 0.25) is 0 Å². The van der Waals surface area contributed by atoms with E-state index in [1.54, 1.807) is 18.5 Å². The van der Waals surface area contributed by atoms with Crippen LogP contribution < -0.4 is 5.56 Å². The predicted molar refractivity (Wildman–Crippen MR) is 96.3 cm³/mol. The van der Waals surface area contributed by atoms with E-state index < -0.39 is 0 Å². The number of rotatable bonds is 2. The van der Waals surface area contributed by atoms with Crippen molar-refractivity contribution in [3.8, 4) is 22.4 Å². The zero-order chi connectivity index (χ0) is 16.8. The van der Waals surface area contributed by atoms with E-state index in [1.807, 2.05) is 24.4 Å². The number of fused-ring (bicyclic) bond motifs is 2. The number of hydrogen-bond acceptors (Lipinski definition) is 3. The molecule has 0 aliphatic carbocycles. The molecule has 3 heterocycles. The first-order valence-electron chi connectivity index (χ1n) is 7.89. The summed E-state index contributed by atoms with van der Waals surface area (Å²) in [5.41, 5.74) is 3.46. The highest BCUT2D eigenvalue weighted by atomic mass is 16.1. The van der Waals surface area contributed by atoms with Gasteiger partial charge in [-0.05, 0) is 28.5 Å². The zero-order valence-corrected chi connectivity index (χ0v) is 13.1. The lowest BCUT2D eigenvalue weighted by molar-refractivity contribution is 0.899. The third kappa shape index (κ3) is 2.08. The van der Waals surface area contributed by atoms with Crippen LogP contribution in [0, 0.1) is 0 Å². The standard InChI is InChI=1S/C19H13N5O/c25-19-16(17-7-8-21-23-17)10-20-18-15(11-22-24(18)19)14-6-5-12-3-1-2-4-13(12)9-14/h1-11,22H,(H,21,23). The minimum absolute atomic E-state index is 0.165. The Morgan fingerprint density at radius 2 is 1.84 bits per heavy atom. The molecule has 0 bridgehead atoms. The van der Waals surface area contributed by atoms with Gasteiger partial charge < -0.3 is 0 Å². The van der Waals surface area contributed by atoms with Gasteiger partial charge in [0.25, 0.3) is 5.56 Å². The molecule has 0 saturated carbocycles. The Hall–Kier alpha value is -3.67. The number of aromatic amines is 2. The normalized spacial score (nSPS) is 11.4. The summed E-state index contributed by atoms with van der Waals surface area (Å²) >= 11 is 0. The molecule has 0 aliphatic rings. The molecule has 6 heteroatoms. The van der Waals surface area contributed by atoms with E-state index in [2.05, 4.69) is 44.5 Å². The Labute approximate surface area is 141 Å². The molecule has 5 rings (SSSR count). The highest BCUT2D eigenvalue weighted by Crippen LogP contribution is 2.27. The molecule has 0 saturated heterocycles. The molecule has 5 aromatic rings. The second-order valence-corrected chi connectivity index (χ2v) is 5.86. The molecule has 0 unspecified atom stereocenters. The van der Waals surface area contributed by atoms with Gasteiger partial charge in [-0.2, -0.15) is 5.10 Å². The Kier molecular flexibility index (Phi) is 2.84. The van der Waals surface area contributed by atoms with E-state index in [0.29, 0.717) is 16.9 Å². The highest BCUT2D eigenvalue weighted by molar-refractivity contribution is 5.89. The van der Waals surface area contributed by atoms with Crippen LogP contribution >= 0.6 is 0 Å². The summed E-state index contributed by atoms with van der Waals surface area (Å²) in [4.78, 5) is 17.2. The third-order valence-electron chi connectivity index (χ3n) is 4.39. The van der Waals surface area contributed by atoms with E-state index >= 15 is 0 Å². The maximum atomic E-state index is 12.7. The fraction of sp³-hybridized carbons (Fsp3) is 0. The van der Waals surface area contributed by atoms with Crippen LogP contribution in [0.15, 0.2) is 71.9 Å². The van der Waals surface area contributed by atoms with Gasteiger partial charge in [0.2, 0.25) is 0 Å². The van der Waals surface area contributed by atoms with Crippen LogP contribution in [0.3, 0.4) is 0 Å². The van der Waals surface area contributed by atoms with Crippen LogP contribution in [0.4, 0.5) is 0 Å². The fourth-order valence-electron chi connectivity index (χ4n) is 3.12. The van der Waals surface area contributed by atoms with Gasteiger partial charge in [-0.25, -0.2) is 9.50 Å². The molecule has 0 amide bonds. The Morgan fingerprint density at radius 3 is 2.68 bits per heavy atom. The van der Waals surface area contributed by atoms with E-state index in [-0.39, 0.29) is 5.56 Å². The Balaban J connectivity index is 1.72. The van der Waals surface area contributed by atoms with Crippen LogP contribution in [0.1, 0.15) is 0 Å². The van der Waals surface area contributed by atoms with Gasteiger partial charge in [0.15, 0.2) is 5.65 Å². The second kappa shape index (κ2) is 5.17. The van der Waals surface area contributed by atoms with Gasteiger partial charge in [0.05, 0.1) is 11.3 Å². The van der Waals surface area contributed by atoms with Crippen LogP contribution in [0.5, 0.6) is 0 Å². The topological polar surface area (TPSA) is 78.8 Å². The summed E-state index contributed by atoms with van der Waals surface area (Å²) < 4.78 is 1.46. The lowest BCUT2D eigenvalue weighted by Crippen LogP contribution is -2.17. The van der Waals surface area contributed by atoms with Crippen molar-refractivity contribution in [3.05, 3.63) is 77.5 Å². The molecule has 25 heavy (non-hydrogen) atoms. The monoisotopic (exact) mass is 327 g/mol. The van der Waals surface area contributed by atoms with Gasteiger partial charge in [0, 0.05) is 24.2 Å². The van der Waals surface area contributed by atoms with E-state index in [1.165, 1.54) is 9.90 Å². The number of aromatic nitrogens is 5. The summed E-state index contributed by atoms with van der Waals surface area (Å²) in [6.45, 7) is 0. The molecule has 2 N–H and O–H groups in total. The number of nitrogens with one attached hydrogen (secondary N) is 2. The number of nitrogens with zero attached hydrogens (tertiary/aromatic N) is 3. The molecular formula is C19H13N5O. The molecule has 6 nitrogen and oxygen atoms in total. The van der Waals surface area contributed by atoms with E-state index in [9.17, 15) is 4.79 Å². The van der Waals surface area contributed by atoms with Gasteiger partial charge in [0.1, 0.15) is 0 Å². The molecule has 0 atom stereocenters. The summed E-state index contributed by atoms with van der Waals surface area (Å²) in [6.07, 6.45) is 5.01. The number of benzene rings is 2. The van der Waals surface area contributed by atoms with Gasteiger partial charge in [-0.3, -0.25) is 15.0 Å². The van der Waals surface area contributed by atoms with Crippen molar-refractivity contribution in [2.45, 2.75) is 0 Å². The molecule has 3 aromatic heterocycles. The van der Waals surface area contributed by atoms with Crippen molar-refractivity contribution in [1.29, 1.82) is 0 Å². The van der Waals surface area contributed by atoms with E-state index in [0.717, 1.165) is 16.5 Å². The smallest absolute Gasteiger partial charge is 0.282 e. The lowest BCUT2D eigenvalue weighted by Gasteiger charge is -2.03. The summed E-state index contributed by atoms with van der Waals surface area (Å²) in [7, 11) is 0. The van der Waals surface area contributed by atoms with Crippen molar-refractivity contribution >= 4 is 16.4 Å². The zero-order valence-electron chi connectivity index (χ0n) is 13.1. The largest absolute Gasteiger partial charge is 0.296 e. The lowest BCUT2D eigenvalue weighted by atomic mass is 10.0. The number of hydrogen-bond donors (Lipinski definition) is 2. The fourth-order valence-corrected chi connectivity index (χ4v) is 3.12. The summed E-state index contributed by atoms with van der Waals surface area (Å²) in [5.74, 6) is 0. The molecule has 0 fully saturated rings. The van der Waals surface area contributed by atoms with Gasteiger partial charge in [-0.1, -0.05) is 36.4 Å². The summed E-state index contributed by atoms with van der Waals surface area (Å²) in [5, 5.41) is 12.0. The predicted octanol–water partition coefficient (Wildman–Crippen LogP) is 3.23. The average Bonchev–Trinajstić information content (AvgIpc) is 3.32. The third-order valence-corrected chi connectivity index (χ3v) is 4.39. The first-order chi connectivity index (χ1) is 12.3. The SMILES string of the molecule is O=c1c(-c2ccn[nH]2)cnc2c(-c3ccc4ccccc4c3)c[nH]n12. The van der Waals surface area contributed by atoms with Crippen LogP contribution in [-0.4, -0.2) is 24.8 Å². The minimum atomic E-state index is -0.165. The highest BCUT2D eigenvalue weighted by Gasteiger charge is 2.13.